The Morgan fingerprint density at radius 2 is 1.51 bits per heavy atom. The summed E-state index contributed by atoms with van der Waals surface area (Å²) < 4.78 is 46.0. The van der Waals surface area contributed by atoms with Crippen molar-refractivity contribution in [2.75, 3.05) is 5.32 Å². The maximum absolute atomic E-state index is 13.1. The molecule has 2 unspecified atom stereocenters. The van der Waals surface area contributed by atoms with E-state index in [1.807, 2.05) is 30.3 Å². The fraction of sp³-hybridized carbons (Fsp3) is 0.226. The van der Waals surface area contributed by atoms with Crippen molar-refractivity contribution in [3.8, 4) is 11.3 Å². The first kappa shape index (κ1) is 30.8. The molecule has 224 valence electrons. The van der Waals surface area contributed by atoms with Crippen LogP contribution in [0, 0.1) is 6.92 Å². The summed E-state index contributed by atoms with van der Waals surface area (Å²) in [7, 11) is 1.71. The van der Waals surface area contributed by atoms with Gasteiger partial charge >= 0.3 is 18.2 Å². The predicted molar refractivity (Wildman–Crippen MR) is 152 cm³/mol. The lowest BCUT2D eigenvalue weighted by atomic mass is 9.90. The lowest BCUT2D eigenvalue weighted by Gasteiger charge is -2.27. The molecule has 0 aliphatic heterocycles. The molecule has 0 spiro atoms. The van der Waals surface area contributed by atoms with E-state index >= 15 is 0 Å². The van der Waals surface area contributed by atoms with Crippen molar-refractivity contribution in [2.45, 2.75) is 38.6 Å². The normalized spacial score (nSPS) is 13.5. The number of carbonyl (C=O) groups excluding carboxylic acids is 2. The number of carbonyl (C=O) groups is 3. The van der Waals surface area contributed by atoms with Crippen LogP contribution in [-0.4, -0.2) is 32.9 Å². The third-order valence-electron chi connectivity index (χ3n) is 7.12. The molecule has 0 saturated heterocycles. The number of benzene rings is 3. The van der Waals surface area contributed by atoms with Crippen LogP contribution in [0.3, 0.4) is 0 Å². The second-order valence-corrected chi connectivity index (χ2v) is 10.1. The second kappa shape index (κ2) is 12.0. The highest BCUT2D eigenvalue weighted by molar-refractivity contribution is 5.99. The molecule has 12 heteroatoms. The first-order valence-corrected chi connectivity index (χ1v) is 13.1. The van der Waals surface area contributed by atoms with Crippen molar-refractivity contribution in [3.05, 3.63) is 107 Å². The molecule has 43 heavy (non-hydrogen) atoms. The van der Waals surface area contributed by atoms with Gasteiger partial charge in [0.2, 0.25) is 0 Å². The van der Waals surface area contributed by atoms with E-state index in [-0.39, 0.29) is 11.1 Å². The summed E-state index contributed by atoms with van der Waals surface area (Å²) in [5.74, 6) is -2.21. The van der Waals surface area contributed by atoms with Crippen LogP contribution in [0.4, 0.5) is 23.7 Å². The van der Waals surface area contributed by atoms with E-state index in [1.54, 1.807) is 37.7 Å². The third kappa shape index (κ3) is 6.69. The van der Waals surface area contributed by atoms with Crippen LogP contribution in [0.15, 0.2) is 78.9 Å². The van der Waals surface area contributed by atoms with Gasteiger partial charge in [-0.2, -0.15) is 18.3 Å². The van der Waals surface area contributed by atoms with Crippen molar-refractivity contribution in [1.82, 2.24) is 15.1 Å². The minimum absolute atomic E-state index is 0.0360. The molecule has 0 radical (unpaired) electrons. The number of aliphatic carboxylic acids is 1. The van der Waals surface area contributed by atoms with Gasteiger partial charge in [0.25, 0.3) is 5.91 Å². The maximum atomic E-state index is 13.1. The van der Waals surface area contributed by atoms with Gasteiger partial charge in [0.05, 0.1) is 16.9 Å². The molecule has 2 amide bonds. The molecule has 0 aliphatic rings. The monoisotopic (exact) mass is 594 g/mol. The van der Waals surface area contributed by atoms with Gasteiger partial charge in [-0.05, 0) is 56.2 Å². The molecule has 0 bridgehead atoms. The first-order chi connectivity index (χ1) is 20.2. The van der Waals surface area contributed by atoms with Crippen LogP contribution >= 0.6 is 0 Å². The number of nitrogens with one attached hydrogen (secondary N) is 2. The Kier molecular flexibility index (Phi) is 8.60. The number of anilines is 1. The van der Waals surface area contributed by atoms with Crippen LogP contribution in [0.2, 0.25) is 0 Å². The van der Waals surface area contributed by atoms with Gasteiger partial charge in [-0.1, -0.05) is 54.6 Å². The number of hydrogen-bond acceptors (Lipinski definition) is 5. The van der Waals surface area contributed by atoms with Gasteiger partial charge in [-0.25, -0.2) is 9.59 Å². The number of aromatic nitrogens is 2. The Bertz CT molecular complexity index is 1640. The number of alkyl halides is 3. The summed E-state index contributed by atoms with van der Waals surface area (Å²) in [6, 6.07) is 18.9. The summed E-state index contributed by atoms with van der Waals surface area (Å²) >= 11 is 0. The minimum atomic E-state index is -4.59. The van der Waals surface area contributed by atoms with Crippen LogP contribution < -0.4 is 10.6 Å². The van der Waals surface area contributed by atoms with Crippen molar-refractivity contribution in [2.24, 2.45) is 7.05 Å². The van der Waals surface area contributed by atoms with Crippen molar-refractivity contribution in [3.63, 3.8) is 0 Å². The molecule has 0 fully saturated rings. The first-order valence-electron chi connectivity index (χ1n) is 13.1. The fourth-order valence-electron chi connectivity index (χ4n) is 4.36. The standard InChI is InChI=1S/C31H29F3N4O5/c1-18-25(35-29(42)43-19(2)20-8-6-5-7-9-20)26(37-38(18)4)21-10-12-22(13-11-21)27(39)36-30(3,28(40)41)23-14-16-24(17-15-23)31(32,33)34/h5-17,19H,1-4H3,(H,35,42)(H,36,39)(H,40,41). The largest absolute Gasteiger partial charge is 0.479 e. The lowest BCUT2D eigenvalue weighted by molar-refractivity contribution is -0.144. The second-order valence-electron chi connectivity index (χ2n) is 10.1. The zero-order chi connectivity index (χ0) is 31.5. The highest BCUT2D eigenvalue weighted by Crippen LogP contribution is 2.33. The highest BCUT2D eigenvalue weighted by atomic mass is 19.4. The van der Waals surface area contributed by atoms with Crippen LogP contribution in [-0.2, 0) is 28.3 Å². The number of ether oxygens (including phenoxy) is 1. The Morgan fingerprint density at radius 1 is 0.930 bits per heavy atom. The van der Waals surface area contributed by atoms with Crippen LogP contribution in [0.1, 0.15) is 52.7 Å². The Hall–Kier alpha value is -5.13. The quantitative estimate of drug-likeness (QED) is 0.215. The summed E-state index contributed by atoms with van der Waals surface area (Å²) in [4.78, 5) is 37.9. The minimum Gasteiger partial charge on any atom is -0.479 e. The van der Waals surface area contributed by atoms with E-state index < -0.39 is 41.4 Å². The van der Waals surface area contributed by atoms with E-state index in [0.717, 1.165) is 29.8 Å². The van der Waals surface area contributed by atoms with E-state index in [9.17, 15) is 32.7 Å². The molecule has 3 aromatic carbocycles. The number of halogens is 3. The summed E-state index contributed by atoms with van der Waals surface area (Å²) in [6.07, 6.45) is -5.77. The van der Waals surface area contributed by atoms with E-state index in [0.29, 0.717) is 22.6 Å². The average Bonchev–Trinajstić information content (AvgIpc) is 3.25. The SMILES string of the molecule is Cc1c(NC(=O)OC(C)c2ccccc2)c(-c2ccc(C(=O)NC(C)(C(=O)O)c3ccc(C(F)(F)F)cc3)cc2)nn1C. The van der Waals surface area contributed by atoms with E-state index in [4.69, 9.17) is 4.74 Å². The third-order valence-corrected chi connectivity index (χ3v) is 7.12. The Labute approximate surface area is 245 Å². The number of rotatable bonds is 8. The van der Waals surface area contributed by atoms with Crippen molar-refractivity contribution in [1.29, 1.82) is 0 Å². The smallest absolute Gasteiger partial charge is 0.416 e. The van der Waals surface area contributed by atoms with Crippen molar-refractivity contribution < 1.29 is 37.4 Å². The molecule has 2 atom stereocenters. The van der Waals surface area contributed by atoms with E-state index in [1.165, 1.54) is 19.1 Å². The molecule has 4 rings (SSSR count). The summed E-state index contributed by atoms with van der Waals surface area (Å²) in [5.41, 5.74) is -0.0397. The van der Waals surface area contributed by atoms with Gasteiger partial charge in [0.1, 0.15) is 11.8 Å². The molecular formula is C31H29F3N4O5. The van der Waals surface area contributed by atoms with E-state index in [2.05, 4.69) is 15.7 Å². The predicted octanol–water partition coefficient (Wildman–Crippen LogP) is 6.45. The molecule has 1 heterocycles. The number of aryl methyl sites for hydroxylation is 1. The molecule has 1 aromatic heterocycles. The number of carboxylic acids is 1. The van der Waals surface area contributed by atoms with Gasteiger partial charge in [-0.15, -0.1) is 0 Å². The molecule has 0 aliphatic carbocycles. The lowest BCUT2D eigenvalue weighted by Crippen LogP contribution is -2.49. The molecular weight excluding hydrogens is 565 g/mol. The zero-order valence-electron chi connectivity index (χ0n) is 23.7. The van der Waals surface area contributed by atoms with Gasteiger partial charge in [-0.3, -0.25) is 14.8 Å². The molecule has 3 N–H and O–H groups in total. The molecule has 0 saturated carbocycles. The van der Waals surface area contributed by atoms with Gasteiger partial charge < -0.3 is 15.2 Å². The van der Waals surface area contributed by atoms with Gasteiger partial charge in [0.15, 0.2) is 5.54 Å². The molecule has 4 aromatic rings. The summed E-state index contributed by atoms with van der Waals surface area (Å²) in [6.45, 7) is 4.71. The average molecular weight is 595 g/mol. The number of hydrogen-bond donors (Lipinski definition) is 3. The Balaban J connectivity index is 1.52. The number of nitrogens with zero attached hydrogens (tertiary/aromatic N) is 2. The van der Waals surface area contributed by atoms with Crippen molar-refractivity contribution >= 4 is 23.7 Å². The topological polar surface area (TPSA) is 123 Å². The molecule has 9 nitrogen and oxygen atoms in total. The van der Waals surface area contributed by atoms with Crippen LogP contribution in [0.5, 0.6) is 0 Å². The highest BCUT2D eigenvalue weighted by Gasteiger charge is 2.38. The van der Waals surface area contributed by atoms with Gasteiger partial charge in [0, 0.05) is 18.2 Å². The number of amides is 2. The fourth-order valence-corrected chi connectivity index (χ4v) is 4.36. The summed E-state index contributed by atoms with van der Waals surface area (Å²) in [5, 5.41) is 19.5. The Morgan fingerprint density at radius 3 is 2.07 bits per heavy atom. The number of carboxylic acid groups (broad SMARTS) is 1. The zero-order valence-corrected chi connectivity index (χ0v) is 23.7. The van der Waals surface area contributed by atoms with Crippen LogP contribution in [0.25, 0.3) is 11.3 Å². The maximum Gasteiger partial charge on any atom is 0.416 e.